The fraction of sp³-hybridized carbons (Fsp3) is 0.409. The van der Waals surface area contributed by atoms with E-state index in [0.717, 1.165) is 27.8 Å². The van der Waals surface area contributed by atoms with Crippen LogP contribution in [0.4, 0.5) is 8.78 Å². The van der Waals surface area contributed by atoms with Gasteiger partial charge in [-0.05, 0) is 55.2 Å². The Morgan fingerprint density at radius 3 is 2.39 bits per heavy atom. The predicted octanol–water partition coefficient (Wildman–Crippen LogP) is 3.64. The van der Waals surface area contributed by atoms with E-state index in [1.54, 1.807) is 7.11 Å². The summed E-state index contributed by atoms with van der Waals surface area (Å²) in [6.07, 6.45) is 1.31. The number of sulfonamides is 1. The van der Waals surface area contributed by atoms with Crippen molar-refractivity contribution in [3.8, 4) is 5.75 Å². The lowest BCUT2D eigenvalue weighted by Crippen LogP contribution is -2.43. The van der Waals surface area contributed by atoms with E-state index in [0.29, 0.717) is 25.3 Å². The van der Waals surface area contributed by atoms with Crippen LogP contribution in [0, 0.1) is 17.6 Å². The molecule has 1 aliphatic heterocycles. The van der Waals surface area contributed by atoms with Crippen LogP contribution in [0.3, 0.4) is 0 Å². The summed E-state index contributed by atoms with van der Waals surface area (Å²) >= 11 is 0. The average Bonchev–Trinajstić information content (AvgIpc) is 2.79. The number of rotatable bonds is 7. The molecule has 2 aromatic carbocycles. The number of methoxy groups -OCH3 is 1. The molecule has 1 aliphatic rings. The Labute approximate surface area is 181 Å². The van der Waals surface area contributed by atoms with Crippen LogP contribution in [0.1, 0.15) is 37.8 Å². The number of hydrogen-bond acceptors (Lipinski definition) is 4. The van der Waals surface area contributed by atoms with Crippen molar-refractivity contribution in [2.45, 2.75) is 37.1 Å². The molecule has 1 fully saturated rings. The number of ether oxygens (including phenoxy) is 1. The maximum Gasteiger partial charge on any atom is 0.246 e. The zero-order valence-corrected chi connectivity index (χ0v) is 18.3. The van der Waals surface area contributed by atoms with Gasteiger partial charge in [-0.3, -0.25) is 4.79 Å². The van der Waals surface area contributed by atoms with E-state index in [1.165, 1.54) is 0 Å². The largest absolute Gasteiger partial charge is 0.497 e. The highest BCUT2D eigenvalue weighted by atomic mass is 32.2. The summed E-state index contributed by atoms with van der Waals surface area (Å²) in [5.41, 5.74) is 0.957. The molecule has 0 radical (unpaired) electrons. The van der Waals surface area contributed by atoms with Crippen molar-refractivity contribution in [2.75, 3.05) is 20.2 Å². The van der Waals surface area contributed by atoms with Gasteiger partial charge in [0, 0.05) is 19.0 Å². The van der Waals surface area contributed by atoms with E-state index in [2.05, 4.69) is 5.32 Å². The first-order valence-corrected chi connectivity index (χ1v) is 11.6. The second-order valence-electron chi connectivity index (χ2n) is 7.50. The molecule has 1 amide bonds. The molecule has 0 aliphatic carbocycles. The molecule has 31 heavy (non-hydrogen) atoms. The van der Waals surface area contributed by atoms with Crippen LogP contribution in [0.15, 0.2) is 47.4 Å². The molecule has 0 bridgehead atoms. The molecule has 1 N–H and O–H groups in total. The Balaban J connectivity index is 1.63. The first-order valence-electron chi connectivity index (χ1n) is 10.2. The van der Waals surface area contributed by atoms with Crippen LogP contribution in [-0.4, -0.2) is 38.8 Å². The normalized spacial score (nSPS) is 16.6. The Bertz CT molecular complexity index is 1020. The summed E-state index contributed by atoms with van der Waals surface area (Å²) in [6.45, 7) is 2.10. The second-order valence-corrected chi connectivity index (χ2v) is 9.40. The Hall–Kier alpha value is -2.52. The number of carbonyl (C=O) groups excluding carboxylic acids is 1. The minimum Gasteiger partial charge on any atom is -0.497 e. The van der Waals surface area contributed by atoms with E-state index < -0.39 is 26.6 Å². The van der Waals surface area contributed by atoms with Gasteiger partial charge >= 0.3 is 0 Å². The van der Waals surface area contributed by atoms with Crippen LogP contribution in [0.2, 0.25) is 0 Å². The number of piperidine rings is 1. The SMILES string of the molecule is CCC(NC(=O)C1CCN(S(=O)(=O)c2cc(F)ccc2F)CC1)c1ccc(OC)cc1. The van der Waals surface area contributed by atoms with E-state index in [9.17, 15) is 22.0 Å². The lowest BCUT2D eigenvalue weighted by atomic mass is 9.95. The summed E-state index contributed by atoms with van der Waals surface area (Å²) in [4.78, 5) is 12.1. The molecule has 0 spiro atoms. The lowest BCUT2D eigenvalue weighted by molar-refractivity contribution is -0.126. The third-order valence-electron chi connectivity index (χ3n) is 5.58. The predicted molar refractivity (Wildman–Crippen MR) is 112 cm³/mol. The molecule has 1 unspecified atom stereocenters. The van der Waals surface area contributed by atoms with Crippen LogP contribution in [0.5, 0.6) is 5.75 Å². The molecule has 1 heterocycles. The molecule has 1 atom stereocenters. The quantitative estimate of drug-likeness (QED) is 0.696. The highest BCUT2D eigenvalue weighted by Crippen LogP contribution is 2.27. The van der Waals surface area contributed by atoms with Crippen molar-refractivity contribution in [2.24, 2.45) is 5.92 Å². The molecular weight excluding hydrogens is 426 g/mol. The molecule has 0 saturated carbocycles. The van der Waals surface area contributed by atoms with Crippen LogP contribution in [0.25, 0.3) is 0 Å². The summed E-state index contributed by atoms with van der Waals surface area (Å²) in [5, 5.41) is 3.03. The van der Waals surface area contributed by atoms with Crippen molar-refractivity contribution in [3.05, 3.63) is 59.7 Å². The smallest absolute Gasteiger partial charge is 0.246 e. The molecule has 2 aromatic rings. The van der Waals surface area contributed by atoms with Gasteiger partial charge in [0.15, 0.2) is 0 Å². The Kier molecular flexibility index (Phi) is 7.27. The van der Waals surface area contributed by atoms with Gasteiger partial charge in [0.2, 0.25) is 15.9 Å². The monoisotopic (exact) mass is 452 g/mol. The molecular formula is C22H26F2N2O4S. The van der Waals surface area contributed by atoms with E-state index in [1.807, 2.05) is 31.2 Å². The maximum atomic E-state index is 14.0. The zero-order valence-electron chi connectivity index (χ0n) is 17.5. The number of halogens is 2. The number of nitrogens with one attached hydrogen (secondary N) is 1. The molecule has 0 aromatic heterocycles. The molecule has 6 nitrogen and oxygen atoms in total. The molecule has 3 rings (SSSR count). The maximum absolute atomic E-state index is 14.0. The van der Waals surface area contributed by atoms with E-state index in [4.69, 9.17) is 4.74 Å². The molecule has 1 saturated heterocycles. The van der Waals surface area contributed by atoms with Crippen molar-refractivity contribution in [1.82, 2.24) is 9.62 Å². The molecule has 9 heteroatoms. The van der Waals surface area contributed by atoms with Gasteiger partial charge in [-0.2, -0.15) is 4.31 Å². The van der Waals surface area contributed by atoms with Crippen molar-refractivity contribution in [3.63, 3.8) is 0 Å². The Morgan fingerprint density at radius 1 is 1.16 bits per heavy atom. The van der Waals surface area contributed by atoms with Gasteiger partial charge in [0.05, 0.1) is 13.2 Å². The van der Waals surface area contributed by atoms with E-state index >= 15 is 0 Å². The van der Waals surface area contributed by atoms with Crippen molar-refractivity contribution < 1.29 is 26.7 Å². The third-order valence-corrected chi connectivity index (χ3v) is 7.49. The van der Waals surface area contributed by atoms with Crippen molar-refractivity contribution >= 4 is 15.9 Å². The van der Waals surface area contributed by atoms with Crippen molar-refractivity contribution in [1.29, 1.82) is 0 Å². The zero-order chi connectivity index (χ0) is 22.6. The summed E-state index contributed by atoms with van der Waals surface area (Å²) in [6, 6.07) is 9.65. The standard InChI is InChI=1S/C22H26F2N2O4S/c1-3-20(15-4-7-18(30-2)8-5-15)25-22(27)16-10-12-26(13-11-16)31(28,29)21-14-17(23)6-9-19(21)24/h4-9,14,16,20H,3,10-13H2,1-2H3,(H,25,27). The van der Waals surface area contributed by atoms with Gasteiger partial charge in [-0.15, -0.1) is 0 Å². The number of nitrogens with zero attached hydrogens (tertiary/aromatic N) is 1. The number of hydrogen-bond donors (Lipinski definition) is 1. The van der Waals surface area contributed by atoms with Gasteiger partial charge in [-0.1, -0.05) is 19.1 Å². The highest BCUT2D eigenvalue weighted by Gasteiger charge is 2.34. The van der Waals surface area contributed by atoms with Gasteiger partial charge < -0.3 is 10.1 Å². The molecule has 168 valence electrons. The Morgan fingerprint density at radius 2 is 1.81 bits per heavy atom. The third kappa shape index (κ3) is 5.22. The van der Waals surface area contributed by atoms with Crippen LogP contribution >= 0.6 is 0 Å². The van der Waals surface area contributed by atoms with E-state index in [-0.39, 0.29) is 31.0 Å². The minimum atomic E-state index is -4.17. The summed E-state index contributed by atoms with van der Waals surface area (Å²) in [7, 11) is -2.58. The first kappa shape index (κ1) is 23.1. The topological polar surface area (TPSA) is 75.7 Å². The van der Waals surface area contributed by atoms with Crippen LogP contribution < -0.4 is 10.1 Å². The summed E-state index contributed by atoms with van der Waals surface area (Å²) in [5.74, 6) is -1.58. The minimum absolute atomic E-state index is 0.0652. The number of amides is 1. The van der Waals surface area contributed by atoms with Gasteiger partial charge in [-0.25, -0.2) is 17.2 Å². The van der Waals surface area contributed by atoms with Gasteiger partial charge in [0.1, 0.15) is 22.3 Å². The summed E-state index contributed by atoms with van der Waals surface area (Å²) < 4.78 is 59.1. The number of carbonyl (C=O) groups is 1. The number of benzene rings is 2. The fourth-order valence-electron chi connectivity index (χ4n) is 3.72. The highest BCUT2D eigenvalue weighted by molar-refractivity contribution is 7.89. The second kappa shape index (κ2) is 9.74. The lowest BCUT2D eigenvalue weighted by Gasteiger charge is -2.31. The fourth-order valence-corrected chi connectivity index (χ4v) is 5.26. The van der Waals surface area contributed by atoms with Gasteiger partial charge in [0.25, 0.3) is 0 Å². The van der Waals surface area contributed by atoms with Crippen LogP contribution in [-0.2, 0) is 14.8 Å². The average molecular weight is 453 g/mol. The first-order chi connectivity index (χ1) is 14.8.